The lowest BCUT2D eigenvalue weighted by Gasteiger charge is -2.34. The molecule has 1 fully saturated rings. The molecule has 0 atom stereocenters. The summed E-state index contributed by atoms with van der Waals surface area (Å²) in [5.41, 5.74) is 2.03. The maximum Gasteiger partial charge on any atom is 0.240 e. The molecule has 1 aromatic heterocycles. The van der Waals surface area contributed by atoms with Gasteiger partial charge in [-0.25, -0.2) is 4.98 Å². The van der Waals surface area contributed by atoms with Crippen LogP contribution in [0.5, 0.6) is 0 Å². The molecule has 30 heavy (non-hydrogen) atoms. The molecule has 3 rings (SSSR count). The molecule has 2 aromatic rings. The number of carbonyl (C=O) groups is 3. The van der Waals surface area contributed by atoms with Crippen LogP contribution in [0, 0.1) is 6.92 Å². The van der Waals surface area contributed by atoms with Crippen LogP contribution in [0.25, 0.3) is 10.2 Å². The Morgan fingerprint density at radius 3 is 2.57 bits per heavy atom. The number of rotatable bonds is 9. The normalized spacial score (nSPS) is 14.8. The van der Waals surface area contributed by atoms with Crippen molar-refractivity contribution in [2.45, 2.75) is 32.6 Å². The number of aromatic nitrogens is 1. The van der Waals surface area contributed by atoms with Gasteiger partial charge in [0, 0.05) is 44.8 Å². The van der Waals surface area contributed by atoms with Crippen molar-refractivity contribution in [3.8, 4) is 0 Å². The van der Waals surface area contributed by atoms with Gasteiger partial charge >= 0.3 is 0 Å². The van der Waals surface area contributed by atoms with Gasteiger partial charge in [0.1, 0.15) is 5.78 Å². The predicted octanol–water partition coefficient (Wildman–Crippen LogP) is 2.75. The maximum absolute atomic E-state index is 12.4. The second-order valence-corrected chi connectivity index (χ2v) is 8.90. The summed E-state index contributed by atoms with van der Waals surface area (Å²) < 4.78 is 1.06. The number of unbranched alkanes of at least 4 members (excludes halogenated alkanes) is 1. The van der Waals surface area contributed by atoms with E-state index in [4.69, 9.17) is 0 Å². The number of fused-ring (bicyclic) bond motifs is 1. The van der Waals surface area contributed by atoms with Crippen molar-refractivity contribution < 1.29 is 14.4 Å². The molecule has 7 nitrogen and oxygen atoms in total. The molecule has 0 bridgehead atoms. The van der Waals surface area contributed by atoms with E-state index < -0.39 is 0 Å². The zero-order valence-corrected chi connectivity index (χ0v) is 18.9. The number of amides is 2. The lowest BCUT2D eigenvalue weighted by Crippen LogP contribution is -2.50. The number of Topliss-reactive ketones (excluding diaryl/α,β-unsaturated/α-hetero) is 1. The molecule has 1 aliphatic heterocycles. The minimum Gasteiger partial charge on any atom is -0.340 e. The number of ketones is 1. The number of nitrogens with zero attached hydrogens (tertiary/aromatic N) is 3. The maximum atomic E-state index is 12.4. The van der Waals surface area contributed by atoms with Crippen LogP contribution in [0.4, 0.5) is 5.13 Å². The first-order chi connectivity index (χ1) is 14.5. The first kappa shape index (κ1) is 22.7. The van der Waals surface area contributed by atoms with Crippen molar-refractivity contribution >= 4 is 56.9 Å². The molecular weight excluding hydrogens is 420 g/mol. The first-order valence-corrected chi connectivity index (χ1v) is 11.7. The fourth-order valence-corrected chi connectivity index (χ4v) is 4.61. The zero-order valence-electron chi connectivity index (χ0n) is 17.2. The number of para-hydroxylation sites is 1. The van der Waals surface area contributed by atoms with Crippen LogP contribution >= 0.6 is 24.0 Å². The van der Waals surface area contributed by atoms with Gasteiger partial charge in [-0.2, -0.15) is 12.6 Å². The van der Waals surface area contributed by atoms with Gasteiger partial charge in [0.05, 0.1) is 16.8 Å². The molecule has 0 unspecified atom stereocenters. The summed E-state index contributed by atoms with van der Waals surface area (Å²) in [7, 11) is 0. The Balaban J connectivity index is 1.38. The lowest BCUT2D eigenvalue weighted by molar-refractivity contribution is -0.133. The minimum absolute atomic E-state index is 0.0830. The lowest BCUT2D eigenvalue weighted by atomic mass is 10.1. The van der Waals surface area contributed by atoms with E-state index in [9.17, 15) is 14.4 Å². The van der Waals surface area contributed by atoms with E-state index in [2.05, 4.69) is 27.8 Å². The van der Waals surface area contributed by atoms with Crippen LogP contribution in [0.3, 0.4) is 0 Å². The third-order valence-corrected chi connectivity index (χ3v) is 6.52. The van der Waals surface area contributed by atoms with Crippen LogP contribution in [0.1, 0.15) is 31.2 Å². The van der Waals surface area contributed by atoms with Gasteiger partial charge in [-0.3, -0.25) is 19.3 Å². The number of nitrogens with one attached hydrogen (secondary N) is 1. The molecule has 1 saturated heterocycles. The molecule has 162 valence electrons. The van der Waals surface area contributed by atoms with Gasteiger partial charge in [0.15, 0.2) is 5.13 Å². The molecule has 1 N–H and O–H groups in total. The number of aryl methyl sites for hydroxylation is 1. The van der Waals surface area contributed by atoms with E-state index in [1.807, 2.05) is 30.0 Å². The van der Waals surface area contributed by atoms with Gasteiger partial charge in [0.2, 0.25) is 11.8 Å². The quantitative estimate of drug-likeness (QED) is 0.455. The molecule has 1 aliphatic rings. The highest BCUT2D eigenvalue weighted by atomic mass is 32.1. The second kappa shape index (κ2) is 10.9. The van der Waals surface area contributed by atoms with Crippen molar-refractivity contribution in [3.05, 3.63) is 23.8 Å². The van der Waals surface area contributed by atoms with Gasteiger partial charge in [-0.15, -0.1) is 0 Å². The molecule has 1 aromatic carbocycles. The van der Waals surface area contributed by atoms with E-state index in [1.165, 1.54) is 11.3 Å². The third kappa shape index (κ3) is 6.26. The Hall–Kier alpha value is -1.97. The number of benzene rings is 1. The summed E-state index contributed by atoms with van der Waals surface area (Å²) in [6, 6.07) is 6.00. The molecule has 0 radical (unpaired) electrons. The van der Waals surface area contributed by atoms with Gasteiger partial charge < -0.3 is 10.2 Å². The highest BCUT2D eigenvalue weighted by Crippen LogP contribution is 2.27. The largest absolute Gasteiger partial charge is 0.340 e. The molecule has 2 heterocycles. The molecule has 0 aliphatic carbocycles. The Labute approximate surface area is 186 Å². The van der Waals surface area contributed by atoms with E-state index in [1.54, 1.807) is 0 Å². The average molecular weight is 449 g/mol. The van der Waals surface area contributed by atoms with Crippen LogP contribution in [-0.2, 0) is 14.4 Å². The Kier molecular flexibility index (Phi) is 8.24. The van der Waals surface area contributed by atoms with Crippen LogP contribution in [0.2, 0.25) is 0 Å². The highest BCUT2D eigenvalue weighted by Gasteiger charge is 2.22. The average Bonchev–Trinajstić information content (AvgIpc) is 3.15. The Morgan fingerprint density at radius 1 is 1.13 bits per heavy atom. The fraction of sp³-hybridized carbons (Fsp3) is 0.524. The number of hydrogen-bond donors (Lipinski definition) is 2. The molecule has 9 heteroatoms. The minimum atomic E-state index is -0.0830. The number of hydrogen-bond acceptors (Lipinski definition) is 7. The van der Waals surface area contributed by atoms with E-state index >= 15 is 0 Å². The summed E-state index contributed by atoms with van der Waals surface area (Å²) in [5, 5.41) is 3.52. The van der Waals surface area contributed by atoms with E-state index in [-0.39, 0.29) is 23.4 Å². The standard InChI is InChI=1S/C21H28N4O3S2/c1-15-5-4-7-17-20(15)23-21(30-17)22-18(27)13-24-9-11-25(12-10-24)19(28)8-3-2-6-16(26)14-29/h4-5,7,29H,2-3,6,8-14H2,1H3,(H,22,23,27). The van der Waals surface area contributed by atoms with Crippen LogP contribution < -0.4 is 5.32 Å². The van der Waals surface area contributed by atoms with E-state index in [0.717, 1.165) is 28.6 Å². The van der Waals surface area contributed by atoms with Gasteiger partial charge in [0.25, 0.3) is 0 Å². The van der Waals surface area contributed by atoms with Crippen molar-refractivity contribution in [1.82, 2.24) is 14.8 Å². The summed E-state index contributed by atoms with van der Waals surface area (Å²) in [6.45, 7) is 4.91. The van der Waals surface area contributed by atoms with E-state index in [0.29, 0.717) is 50.7 Å². The summed E-state index contributed by atoms with van der Waals surface area (Å²) >= 11 is 5.43. The van der Waals surface area contributed by atoms with Crippen molar-refractivity contribution in [2.24, 2.45) is 0 Å². The zero-order chi connectivity index (χ0) is 21.5. The fourth-order valence-electron chi connectivity index (χ4n) is 3.49. The SMILES string of the molecule is Cc1cccc2sc(NC(=O)CN3CCN(C(=O)CCCCC(=O)CS)CC3)nc12. The summed E-state index contributed by atoms with van der Waals surface area (Å²) in [4.78, 5) is 44.4. The summed E-state index contributed by atoms with van der Waals surface area (Å²) in [5.74, 6) is 0.434. The third-order valence-electron chi connectivity index (χ3n) is 5.23. The van der Waals surface area contributed by atoms with Crippen LogP contribution in [0.15, 0.2) is 18.2 Å². The smallest absolute Gasteiger partial charge is 0.240 e. The predicted molar refractivity (Wildman–Crippen MR) is 123 cm³/mol. The topological polar surface area (TPSA) is 82.6 Å². The monoisotopic (exact) mass is 448 g/mol. The van der Waals surface area contributed by atoms with Crippen LogP contribution in [-0.4, -0.2) is 70.9 Å². The molecule has 0 saturated carbocycles. The number of thiazole rings is 1. The van der Waals surface area contributed by atoms with Crippen molar-refractivity contribution in [1.29, 1.82) is 0 Å². The number of thiol groups is 1. The first-order valence-electron chi connectivity index (χ1n) is 10.2. The van der Waals surface area contributed by atoms with Gasteiger partial charge in [-0.1, -0.05) is 23.5 Å². The summed E-state index contributed by atoms with van der Waals surface area (Å²) in [6.07, 6.45) is 2.42. The van der Waals surface area contributed by atoms with Crippen molar-refractivity contribution in [2.75, 3.05) is 43.8 Å². The molecular formula is C21H28N4O3S2. The molecule has 0 spiro atoms. The number of carbonyl (C=O) groups excluding carboxylic acids is 3. The number of anilines is 1. The highest BCUT2D eigenvalue weighted by molar-refractivity contribution is 7.81. The van der Waals surface area contributed by atoms with Crippen molar-refractivity contribution in [3.63, 3.8) is 0 Å². The Bertz CT molecular complexity index is 907. The number of piperazine rings is 1. The van der Waals surface area contributed by atoms with Gasteiger partial charge in [-0.05, 0) is 31.4 Å². The second-order valence-electron chi connectivity index (χ2n) is 7.55. The Morgan fingerprint density at radius 2 is 1.87 bits per heavy atom. The molecule has 2 amide bonds.